The number of hydrogen-bond acceptors (Lipinski definition) is 3. The molecule has 138 valence electrons. The highest BCUT2D eigenvalue weighted by Crippen LogP contribution is 2.20. The molecule has 0 aliphatic carbocycles. The molecule has 3 rings (SSSR count). The molecule has 0 bridgehead atoms. The standard InChI is InChI=1S/C20H25N3O3/c1-22(2)17(18-9-6-10-26-18)12-21-20(25)16-11-19(24)23(14-16)13-15-7-4-3-5-8-15/h3-10,16-17H,11-14H2,1-2H3,(H,21,25)/p+1/t16-,17+/m0/s1. The van der Waals surface area contributed by atoms with Crippen LogP contribution in [0, 0.1) is 5.92 Å². The van der Waals surface area contributed by atoms with E-state index in [0.29, 0.717) is 19.6 Å². The van der Waals surface area contributed by atoms with Crippen LogP contribution in [-0.4, -0.2) is 43.9 Å². The first-order valence-electron chi connectivity index (χ1n) is 8.97. The first-order chi connectivity index (χ1) is 12.5. The number of carbonyl (C=O) groups is 2. The molecule has 1 aromatic carbocycles. The van der Waals surface area contributed by atoms with E-state index in [1.807, 2.05) is 56.6 Å². The van der Waals surface area contributed by atoms with Gasteiger partial charge in [0.25, 0.3) is 0 Å². The van der Waals surface area contributed by atoms with Crippen molar-refractivity contribution >= 4 is 11.8 Å². The van der Waals surface area contributed by atoms with E-state index in [2.05, 4.69) is 5.32 Å². The Hall–Kier alpha value is -2.60. The third-order valence-electron chi connectivity index (χ3n) is 4.87. The van der Waals surface area contributed by atoms with Crippen molar-refractivity contribution in [1.82, 2.24) is 10.2 Å². The van der Waals surface area contributed by atoms with Gasteiger partial charge in [0.2, 0.25) is 11.8 Å². The van der Waals surface area contributed by atoms with Crippen LogP contribution in [0.5, 0.6) is 0 Å². The van der Waals surface area contributed by atoms with Crippen LogP contribution in [0.3, 0.4) is 0 Å². The summed E-state index contributed by atoms with van der Waals surface area (Å²) in [6.07, 6.45) is 1.92. The first-order valence-corrected chi connectivity index (χ1v) is 8.97. The average Bonchev–Trinajstić information content (AvgIpc) is 3.26. The predicted octanol–water partition coefficient (Wildman–Crippen LogP) is 0.630. The summed E-state index contributed by atoms with van der Waals surface area (Å²) in [5.41, 5.74) is 1.08. The van der Waals surface area contributed by atoms with Crippen molar-refractivity contribution < 1.29 is 18.9 Å². The van der Waals surface area contributed by atoms with Crippen LogP contribution in [0.1, 0.15) is 23.8 Å². The number of benzene rings is 1. The van der Waals surface area contributed by atoms with Gasteiger partial charge < -0.3 is 19.5 Å². The van der Waals surface area contributed by atoms with Crippen molar-refractivity contribution in [1.29, 1.82) is 0 Å². The maximum Gasteiger partial charge on any atom is 0.225 e. The van der Waals surface area contributed by atoms with Crippen molar-refractivity contribution in [2.24, 2.45) is 5.92 Å². The number of quaternary nitrogens is 1. The number of nitrogens with zero attached hydrogens (tertiary/aromatic N) is 1. The molecule has 2 aromatic rings. The van der Waals surface area contributed by atoms with E-state index in [0.717, 1.165) is 11.3 Å². The average molecular weight is 356 g/mol. The van der Waals surface area contributed by atoms with Crippen molar-refractivity contribution in [3.05, 3.63) is 60.1 Å². The van der Waals surface area contributed by atoms with Crippen molar-refractivity contribution in [2.45, 2.75) is 19.0 Å². The molecule has 0 unspecified atom stereocenters. The molecule has 0 radical (unpaired) electrons. The number of amides is 2. The lowest BCUT2D eigenvalue weighted by molar-refractivity contribution is -0.891. The second-order valence-corrected chi connectivity index (χ2v) is 7.05. The van der Waals surface area contributed by atoms with Gasteiger partial charge >= 0.3 is 0 Å². The number of nitrogens with one attached hydrogen (secondary N) is 2. The maximum absolute atomic E-state index is 12.6. The van der Waals surface area contributed by atoms with E-state index in [4.69, 9.17) is 4.42 Å². The fourth-order valence-corrected chi connectivity index (χ4v) is 3.33. The summed E-state index contributed by atoms with van der Waals surface area (Å²) < 4.78 is 5.48. The molecular formula is C20H26N3O3+. The molecular weight excluding hydrogens is 330 g/mol. The molecule has 2 heterocycles. The summed E-state index contributed by atoms with van der Waals surface area (Å²) >= 11 is 0. The molecule has 1 aromatic heterocycles. The Bertz CT molecular complexity index is 728. The highest BCUT2D eigenvalue weighted by molar-refractivity contribution is 5.89. The minimum absolute atomic E-state index is 0.0369. The molecule has 2 atom stereocenters. The van der Waals surface area contributed by atoms with Crippen LogP contribution in [-0.2, 0) is 16.1 Å². The number of likely N-dealkylation sites (N-methyl/N-ethyl adjacent to an activating group) is 1. The summed E-state index contributed by atoms with van der Waals surface area (Å²) in [6.45, 7) is 1.51. The van der Waals surface area contributed by atoms with E-state index in [9.17, 15) is 9.59 Å². The van der Waals surface area contributed by atoms with E-state index < -0.39 is 0 Å². The lowest BCUT2D eigenvalue weighted by atomic mass is 10.1. The number of rotatable bonds is 7. The third kappa shape index (κ3) is 4.32. The fraction of sp³-hybridized carbons (Fsp3) is 0.400. The monoisotopic (exact) mass is 356 g/mol. The largest absolute Gasteiger partial charge is 0.463 e. The molecule has 1 aliphatic rings. The minimum atomic E-state index is -0.291. The van der Waals surface area contributed by atoms with E-state index >= 15 is 0 Å². The van der Waals surface area contributed by atoms with Crippen LogP contribution in [0.4, 0.5) is 0 Å². The molecule has 2 N–H and O–H groups in total. The number of carbonyl (C=O) groups excluding carboxylic acids is 2. The summed E-state index contributed by atoms with van der Waals surface area (Å²) in [7, 11) is 4.06. The third-order valence-corrected chi connectivity index (χ3v) is 4.87. The summed E-state index contributed by atoms with van der Waals surface area (Å²) in [4.78, 5) is 27.7. The van der Waals surface area contributed by atoms with Gasteiger partial charge in [-0.15, -0.1) is 0 Å². The highest BCUT2D eigenvalue weighted by Gasteiger charge is 2.34. The van der Waals surface area contributed by atoms with Crippen LogP contribution < -0.4 is 10.2 Å². The van der Waals surface area contributed by atoms with Gasteiger partial charge in [-0.1, -0.05) is 30.3 Å². The van der Waals surface area contributed by atoms with E-state index in [-0.39, 0.29) is 30.2 Å². The zero-order valence-electron chi connectivity index (χ0n) is 15.3. The van der Waals surface area contributed by atoms with Crippen LogP contribution in [0.2, 0.25) is 0 Å². The fourth-order valence-electron chi connectivity index (χ4n) is 3.33. The van der Waals surface area contributed by atoms with Crippen molar-refractivity contribution in [3.8, 4) is 0 Å². The van der Waals surface area contributed by atoms with Crippen molar-refractivity contribution in [3.63, 3.8) is 0 Å². The Kier molecular flexibility index (Phi) is 5.73. The van der Waals surface area contributed by atoms with E-state index in [1.165, 1.54) is 4.90 Å². The normalized spacial score (nSPS) is 18.3. The second kappa shape index (κ2) is 8.19. The lowest BCUT2D eigenvalue weighted by Crippen LogP contribution is -3.07. The molecule has 26 heavy (non-hydrogen) atoms. The summed E-state index contributed by atoms with van der Waals surface area (Å²) in [5, 5.41) is 3.00. The molecule has 6 nitrogen and oxygen atoms in total. The Morgan fingerprint density at radius 1 is 1.27 bits per heavy atom. The Morgan fingerprint density at radius 3 is 2.69 bits per heavy atom. The topological polar surface area (TPSA) is 67.0 Å². The van der Waals surface area contributed by atoms with Gasteiger partial charge in [-0.05, 0) is 17.7 Å². The summed E-state index contributed by atoms with van der Waals surface area (Å²) in [5.74, 6) is 0.528. The molecule has 1 aliphatic heterocycles. The molecule has 0 saturated carbocycles. The molecule has 1 saturated heterocycles. The zero-order valence-corrected chi connectivity index (χ0v) is 15.3. The predicted molar refractivity (Wildman–Crippen MR) is 97.2 cm³/mol. The van der Waals surface area contributed by atoms with Gasteiger partial charge in [0.15, 0.2) is 11.8 Å². The SMILES string of the molecule is C[NH+](C)[C@H](CNC(=O)[C@H]1CC(=O)N(Cc2ccccc2)C1)c1ccco1. The van der Waals surface area contributed by atoms with Gasteiger partial charge in [0.05, 0.1) is 32.8 Å². The number of likely N-dealkylation sites (tertiary alicyclic amines) is 1. The number of hydrogen-bond donors (Lipinski definition) is 2. The Morgan fingerprint density at radius 2 is 2.04 bits per heavy atom. The minimum Gasteiger partial charge on any atom is -0.463 e. The lowest BCUT2D eigenvalue weighted by Gasteiger charge is -2.21. The van der Waals surface area contributed by atoms with Gasteiger partial charge in [0, 0.05) is 19.5 Å². The summed E-state index contributed by atoms with van der Waals surface area (Å²) in [6, 6.07) is 13.7. The van der Waals surface area contributed by atoms with Gasteiger partial charge in [-0.25, -0.2) is 0 Å². The first kappa shape index (κ1) is 18.2. The van der Waals surface area contributed by atoms with Gasteiger partial charge in [-0.2, -0.15) is 0 Å². The molecule has 1 fully saturated rings. The quantitative estimate of drug-likeness (QED) is 0.765. The molecule has 6 heteroatoms. The van der Waals surface area contributed by atoms with Gasteiger partial charge in [-0.3, -0.25) is 9.59 Å². The molecule has 2 amide bonds. The number of furan rings is 1. The second-order valence-electron chi connectivity index (χ2n) is 7.05. The van der Waals surface area contributed by atoms with Crippen LogP contribution in [0.15, 0.2) is 53.1 Å². The van der Waals surface area contributed by atoms with Crippen LogP contribution >= 0.6 is 0 Å². The van der Waals surface area contributed by atoms with Crippen LogP contribution in [0.25, 0.3) is 0 Å². The maximum atomic E-state index is 12.6. The van der Waals surface area contributed by atoms with Gasteiger partial charge in [0.1, 0.15) is 0 Å². The highest BCUT2D eigenvalue weighted by atomic mass is 16.3. The Labute approximate surface area is 153 Å². The van der Waals surface area contributed by atoms with E-state index in [1.54, 1.807) is 11.2 Å². The van der Waals surface area contributed by atoms with Crippen molar-refractivity contribution in [2.75, 3.05) is 27.2 Å². The Balaban J connectivity index is 1.54. The zero-order chi connectivity index (χ0) is 18.5. The molecule has 0 spiro atoms. The smallest absolute Gasteiger partial charge is 0.225 e.